The Morgan fingerprint density at radius 2 is 1.70 bits per heavy atom. The highest BCUT2D eigenvalue weighted by Crippen LogP contribution is 2.25. The van der Waals surface area contributed by atoms with Crippen LogP contribution < -0.4 is 10.1 Å². The van der Waals surface area contributed by atoms with Crippen molar-refractivity contribution in [2.45, 2.75) is 26.3 Å². The predicted octanol–water partition coefficient (Wildman–Crippen LogP) is 3.96. The van der Waals surface area contributed by atoms with Crippen molar-refractivity contribution in [3.8, 4) is 5.75 Å². The second kappa shape index (κ2) is 7.11. The molecule has 0 aliphatic carbocycles. The summed E-state index contributed by atoms with van der Waals surface area (Å²) < 4.78 is 5.34. The predicted molar refractivity (Wildman–Crippen MR) is 84.3 cm³/mol. The van der Waals surface area contributed by atoms with Gasteiger partial charge < -0.3 is 10.1 Å². The summed E-state index contributed by atoms with van der Waals surface area (Å²) >= 11 is 0. The largest absolute Gasteiger partial charge is 0.497 e. The van der Waals surface area contributed by atoms with Crippen LogP contribution in [-0.4, -0.2) is 13.7 Å². The number of hydrogen-bond donors (Lipinski definition) is 1. The number of nitrogens with one attached hydrogen (secondary N) is 1. The number of aryl methyl sites for hydroxylation is 1. The first-order valence-corrected chi connectivity index (χ1v) is 7.24. The van der Waals surface area contributed by atoms with Gasteiger partial charge in [0.2, 0.25) is 0 Å². The van der Waals surface area contributed by atoms with Crippen LogP contribution >= 0.6 is 0 Å². The van der Waals surface area contributed by atoms with E-state index in [1.165, 1.54) is 16.7 Å². The van der Waals surface area contributed by atoms with Crippen LogP contribution in [0.1, 0.15) is 36.6 Å². The Balaban J connectivity index is 2.38. The van der Waals surface area contributed by atoms with Crippen molar-refractivity contribution < 1.29 is 4.74 Å². The highest BCUT2D eigenvalue weighted by molar-refractivity contribution is 5.38. The molecule has 1 unspecified atom stereocenters. The first-order chi connectivity index (χ1) is 9.78. The summed E-state index contributed by atoms with van der Waals surface area (Å²) in [6.07, 6.45) is 1.06. The summed E-state index contributed by atoms with van der Waals surface area (Å²) in [5.41, 5.74) is 3.91. The molecule has 0 saturated carbocycles. The van der Waals surface area contributed by atoms with Gasteiger partial charge in [-0.2, -0.15) is 0 Å². The van der Waals surface area contributed by atoms with E-state index >= 15 is 0 Å². The van der Waals surface area contributed by atoms with E-state index in [0.29, 0.717) is 0 Å². The molecule has 0 radical (unpaired) electrons. The average molecular weight is 269 g/mol. The molecule has 2 aromatic carbocycles. The third-order valence-electron chi connectivity index (χ3n) is 3.53. The lowest BCUT2D eigenvalue weighted by atomic mass is 9.96. The molecule has 0 aromatic heterocycles. The Hall–Kier alpha value is -1.80. The monoisotopic (exact) mass is 269 g/mol. The maximum atomic E-state index is 5.34. The van der Waals surface area contributed by atoms with Crippen LogP contribution in [0.15, 0.2) is 48.5 Å². The Morgan fingerprint density at radius 3 is 2.35 bits per heavy atom. The van der Waals surface area contributed by atoms with Crippen molar-refractivity contribution in [1.82, 2.24) is 5.32 Å². The molecule has 0 aliphatic rings. The van der Waals surface area contributed by atoms with Gasteiger partial charge in [-0.3, -0.25) is 0 Å². The van der Waals surface area contributed by atoms with Crippen molar-refractivity contribution in [3.63, 3.8) is 0 Å². The van der Waals surface area contributed by atoms with Crippen LogP contribution in [0.2, 0.25) is 0 Å². The molecule has 1 N–H and O–H groups in total. The van der Waals surface area contributed by atoms with Gasteiger partial charge in [0.15, 0.2) is 0 Å². The number of benzene rings is 2. The van der Waals surface area contributed by atoms with Gasteiger partial charge in [0.1, 0.15) is 5.75 Å². The highest BCUT2D eigenvalue weighted by atomic mass is 16.5. The fourth-order valence-electron chi connectivity index (χ4n) is 2.45. The van der Waals surface area contributed by atoms with E-state index in [2.05, 4.69) is 55.6 Å². The normalized spacial score (nSPS) is 12.2. The van der Waals surface area contributed by atoms with E-state index in [-0.39, 0.29) is 6.04 Å². The third-order valence-corrected chi connectivity index (χ3v) is 3.53. The smallest absolute Gasteiger partial charge is 0.119 e. The lowest BCUT2D eigenvalue weighted by Gasteiger charge is -2.20. The third kappa shape index (κ3) is 3.40. The molecular formula is C18H23NO. The summed E-state index contributed by atoms with van der Waals surface area (Å²) in [6, 6.07) is 17.3. The molecular weight excluding hydrogens is 246 g/mol. The van der Waals surface area contributed by atoms with Gasteiger partial charge in [-0.1, -0.05) is 50.2 Å². The molecule has 0 spiro atoms. The van der Waals surface area contributed by atoms with Crippen LogP contribution in [0, 0.1) is 0 Å². The van der Waals surface area contributed by atoms with Crippen molar-refractivity contribution in [2.75, 3.05) is 13.7 Å². The van der Waals surface area contributed by atoms with Gasteiger partial charge in [-0.25, -0.2) is 0 Å². The van der Waals surface area contributed by atoms with Gasteiger partial charge in [-0.15, -0.1) is 0 Å². The lowest BCUT2D eigenvalue weighted by molar-refractivity contribution is 0.413. The topological polar surface area (TPSA) is 21.3 Å². The fraction of sp³-hybridized carbons (Fsp3) is 0.333. The van der Waals surface area contributed by atoms with Crippen LogP contribution in [-0.2, 0) is 6.42 Å². The van der Waals surface area contributed by atoms with E-state index in [4.69, 9.17) is 4.74 Å². The van der Waals surface area contributed by atoms with E-state index in [1.807, 2.05) is 12.1 Å². The Kier molecular flexibility index (Phi) is 5.19. The van der Waals surface area contributed by atoms with E-state index in [0.717, 1.165) is 18.7 Å². The summed E-state index contributed by atoms with van der Waals surface area (Å²) in [4.78, 5) is 0. The second-order valence-electron chi connectivity index (χ2n) is 4.87. The zero-order chi connectivity index (χ0) is 14.4. The summed E-state index contributed by atoms with van der Waals surface area (Å²) in [7, 11) is 1.71. The minimum Gasteiger partial charge on any atom is -0.497 e. The Morgan fingerprint density at radius 1 is 1.00 bits per heavy atom. The van der Waals surface area contributed by atoms with Gasteiger partial charge >= 0.3 is 0 Å². The minimum atomic E-state index is 0.210. The van der Waals surface area contributed by atoms with E-state index in [9.17, 15) is 0 Å². The van der Waals surface area contributed by atoms with Crippen molar-refractivity contribution in [2.24, 2.45) is 0 Å². The van der Waals surface area contributed by atoms with Gasteiger partial charge in [0, 0.05) is 0 Å². The number of rotatable bonds is 6. The zero-order valence-electron chi connectivity index (χ0n) is 12.5. The molecule has 2 heteroatoms. The Labute approximate surface area is 121 Å². The van der Waals surface area contributed by atoms with Crippen LogP contribution in [0.5, 0.6) is 5.75 Å². The molecule has 1 atom stereocenters. The van der Waals surface area contributed by atoms with Gasteiger partial charge in [0.25, 0.3) is 0 Å². The summed E-state index contributed by atoms with van der Waals surface area (Å²) in [5, 5.41) is 3.56. The number of hydrogen-bond acceptors (Lipinski definition) is 2. The average Bonchev–Trinajstić information content (AvgIpc) is 2.52. The quantitative estimate of drug-likeness (QED) is 0.857. The molecule has 0 fully saturated rings. The second-order valence-corrected chi connectivity index (χ2v) is 4.87. The molecule has 2 nitrogen and oxygen atoms in total. The van der Waals surface area contributed by atoms with Gasteiger partial charge in [0.05, 0.1) is 13.2 Å². The lowest BCUT2D eigenvalue weighted by Crippen LogP contribution is -2.22. The van der Waals surface area contributed by atoms with Crippen molar-refractivity contribution in [1.29, 1.82) is 0 Å². The first kappa shape index (κ1) is 14.6. The summed E-state index contributed by atoms with van der Waals surface area (Å²) in [5.74, 6) is 0.900. The van der Waals surface area contributed by atoms with E-state index < -0.39 is 0 Å². The van der Waals surface area contributed by atoms with Crippen LogP contribution in [0.4, 0.5) is 0 Å². The molecule has 0 saturated heterocycles. The molecule has 106 valence electrons. The van der Waals surface area contributed by atoms with Crippen LogP contribution in [0.25, 0.3) is 0 Å². The SMILES string of the molecule is CCNC(c1cccc(CC)c1)c1cccc(OC)c1. The molecule has 0 bridgehead atoms. The number of ether oxygens (including phenoxy) is 1. The maximum Gasteiger partial charge on any atom is 0.119 e. The van der Waals surface area contributed by atoms with Crippen molar-refractivity contribution in [3.05, 3.63) is 65.2 Å². The van der Waals surface area contributed by atoms with Crippen LogP contribution in [0.3, 0.4) is 0 Å². The molecule has 0 heterocycles. The molecule has 2 aromatic rings. The molecule has 0 aliphatic heterocycles. The first-order valence-electron chi connectivity index (χ1n) is 7.24. The van der Waals surface area contributed by atoms with E-state index in [1.54, 1.807) is 7.11 Å². The summed E-state index contributed by atoms with van der Waals surface area (Å²) in [6.45, 7) is 5.25. The molecule has 0 amide bonds. The fourth-order valence-corrected chi connectivity index (χ4v) is 2.45. The zero-order valence-corrected chi connectivity index (χ0v) is 12.5. The minimum absolute atomic E-state index is 0.210. The molecule has 2 rings (SSSR count). The maximum absolute atomic E-state index is 5.34. The van der Waals surface area contributed by atoms with Gasteiger partial charge in [-0.05, 0) is 41.8 Å². The highest BCUT2D eigenvalue weighted by Gasteiger charge is 2.13. The standard InChI is InChI=1S/C18H23NO/c1-4-14-8-6-9-15(12-14)18(19-5-2)16-10-7-11-17(13-16)20-3/h6-13,18-19H,4-5H2,1-3H3. The molecule has 20 heavy (non-hydrogen) atoms. The number of methoxy groups -OCH3 is 1. The Bertz CT molecular complexity index is 503. The van der Waals surface area contributed by atoms with Crippen molar-refractivity contribution >= 4 is 0 Å².